The molecule has 1 aromatic heterocycles. The average Bonchev–Trinajstić information content (AvgIpc) is 3.47. The van der Waals surface area contributed by atoms with Crippen LogP contribution in [0.5, 0.6) is 5.75 Å². The minimum atomic E-state index is -4.75. The summed E-state index contributed by atoms with van der Waals surface area (Å²) in [5.74, 6) is -0.885. The molecule has 0 unspecified atom stereocenters. The van der Waals surface area contributed by atoms with E-state index in [1.54, 1.807) is 48.5 Å². The zero-order valence-electron chi connectivity index (χ0n) is 29.3. The fourth-order valence-corrected chi connectivity index (χ4v) is 8.87. The van der Waals surface area contributed by atoms with Gasteiger partial charge in [-0.15, -0.1) is 11.3 Å². The number of hydrogen-bond acceptors (Lipinski definition) is 8. The van der Waals surface area contributed by atoms with Crippen molar-refractivity contribution in [2.24, 2.45) is 0 Å². The second-order valence-corrected chi connectivity index (χ2v) is 19.2. The number of benzene rings is 3. The quantitative estimate of drug-likeness (QED) is 0.142. The number of sulfonamides is 1. The molecule has 5 rings (SSSR count). The number of ether oxygens (including phenoxy) is 1. The summed E-state index contributed by atoms with van der Waals surface area (Å²) in [7, 11) is -4.22. The van der Waals surface area contributed by atoms with Crippen molar-refractivity contribution in [3.05, 3.63) is 86.7 Å². The van der Waals surface area contributed by atoms with Gasteiger partial charge in [-0.2, -0.15) is 34.6 Å². The van der Waals surface area contributed by atoms with Crippen LogP contribution in [0.3, 0.4) is 0 Å². The van der Waals surface area contributed by atoms with Crippen molar-refractivity contribution in [3.63, 3.8) is 0 Å². The number of carbonyl (C=O) groups is 1. The molecule has 1 fully saturated rings. The highest BCUT2D eigenvalue weighted by Crippen LogP contribution is 2.39. The summed E-state index contributed by atoms with van der Waals surface area (Å²) in [6, 6.07) is 16.1. The van der Waals surface area contributed by atoms with Crippen LogP contribution >= 0.6 is 27.3 Å². The molecule has 0 spiro atoms. The number of alkyl halides is 4. The third kappa shape index (κ3) is 9.86. The first kappa shape index (κ1) is 40.8. The first-order valence-electron chi connectivity index (χ1n) is 16.1. The van der Waals surface area contributed by atoms with Crippen LogP contribution in [0.25, 0.3) is 10.1 Å². The topological polar surface area (TPSA) is 128 Å². The highest BCUT2D eigenvalue weighted by Gasteiger charge is 2.44. The van der Waals surface area contributed by atoms with Gasteiger partial charge >= 0.3 is 12.5 Å². The third-order valence-electron chi connectivity index (χ3n) is 8.64. The first-order valence-corrected chi connectivity index (χ1v) is 21.0. The highest BCUT2D eigenvalue weighted by atomic mass is 79.9. The van der Waals surface area contributed by atoms with Gasteiger partial charge in [-0.1, -0.05) is 35.8 Å². The second kappa shape index (κ2) is 15.4. The second-order valence-electron chi connectivity index (χ2n) is 13.3. The molecular weight excluding hydrogens is 826 g/mol. The number of carbonyl (C=O) groups excluding carboxylic acids is 1. The molecule has 0 aliphatic carbocycles. The Morgan fingerprint density at radius 3 is 2.23 bits per heavy atom. The minimum Gasteiger partial charge on any atom is -0.428 e. The van der Waals surface area contributed by atoms with Crippen LogP contribution in [0.1, 0.15) is 40.2 Å². The van der Waals surface area contributed by atoms with E-state index in [-0.39, 0.29) is 19.6 Å². The number of fused-ring (bicyclic) bond motifs is 1. The maximum absolute atomic E-state index is 14.2. The number of hydrogen-bond donors (Lipinski definition) is 2. The summed E-state index contributed by atoms with van der Waals surface area (Å²) >= 11 is 4.71. The Morgan fingerprint density at radius 1 is 0.943 bits per heavy atom. The van der Waals surface area contributed by atoms with Crippen LogP contribution in [0.4, 0.5) is 28.9 Å². The van der Waals surface area contributed by atoms with E-state index in [9.17, 15) is 39.2 Å². The molecule has 2 N–H and O–H groups in total. The number of nitrogens with zero attached hydrogens (tertiary/aromatic N) is 3. The SMILES string of the molecule is CN(C)S(=O)(=O)N1CCN(Cc2cc(OC(F)(F)C(F)F)cc(C(C)(C)c3cc(Br)cc(NC(=O)c4cc5cc(NS(C)(=O)=O)ccc5s4)c3)c2)CC1. The molecule has 0 saturated carbocycles. The molecule has 288 valence electrons. The summed E-state index contributed by atoms with van der Waals surface area (Å²) in [5, 5.41) is 3.55. The molecule has 1 aliphatic rings. The van der Waals surface area contributed by atoms with E-state index in [0.717, 1.165) is 15.3 Å². The third-order valence-corrected chi connectivity index (χ3v) is 12.8. The van der Waals surface area contributed by atoms with Crippen LogP contribution in [-0.2, 0) is 32.2 Å². The van der Waals surface area contributed by atoms with Gasteiger partial charge in [0.1, 0.15) is 5.75 Å². The van der Waals surface area contributed by atoms with Gasteiger partial charge in [0.2, 0.25) is 10.0 Å². The van der Waals surface area contributed by atoms with Crippen molar-refractivity contribution in [2.45, 2.75) is 38.3 Å². The van der Waals surface area contributed by atoms with E-state index in [1.807, 2.05) is 18.7 Å². The van der Waals surface area contributed by atoms with E-state index in [1.165, 1.54) is 41.9 Å². The number of thiophene rings is 1. The maximum atomic E-state index is 14.2. The van der Waals surface area contributed by atoms with E-state index in [4.69, 9.17) is 0 Å². The highest BCUT2D eigenvalue weighted by molar-refractivity contribution is 9.10. The van der Waals surface area contributed by atoms with Crippen molar-refractivity contribution < 1.29 is 43.9 Å². The molecule has 11 nitrogen and oxygen atoms in total. The lowest BCUT2D eigenvalue weighted by Gasteiger charge is -2.35. The van der Waals surface area contributed by atoms with Gasteiger partial charge in [0, 0.05) is 72.8 Å². The van der Waals surface area contributed by atoms with E-state index >= 15 is 0 Å². The first-order chi connectivity index (χ1) is 24.5. The predicted octanol–water partition coefficient (Wildman–Crippen LogP) is 6.77. The lowest BCUT2D eigenvalue weighted by atomic mass is 9.77. The van der Waals surface area contributed by atoms with Crippen LogP contribution in [0, 0.1) is 0 Å². The molecule has 1 saturated heterocycles. The predicted molar refractivity (Wildman–Crippen MR) is 202 cm³/mol. The fourth-order valence-electron chi connectivity index (χ4n) is 5.80. The minimum absolute atomic E-state index is 0.202. The molecule has 0 bridgehead atoms. The normalized spacial score (nSPS) is 15.3. The molecule has 4 aromatic rings. The number of rotatable bonds is 13. The number of anilines is 2. The van der Waals surface area contributed by atoms with Crippen molar-refractivity contribution in [3.8, 4) is 5.75 Å². The molecule has 2 heterocycles. The molecule has 3 aromatic carbocycles. The molecule has 0 atom stereocenters. The van der Waals surface area contributed by atoms with Gasteiger partial charge in [-0.25, -0.2) is 8.42 Å². The summed E-state index contributed by atoms with van der Waals surface area (Å²) < 4.78 is 114. The number of nitrogens with one attached hydrogen (secondary N) is 2. The van der Waals surface area contributed by atoms with Gasteiger partial charge < -0.3 is 10.1 Å². The van der Waals surface area contributed by atoms with Gasteiger partial charge in [0.05, 0.1) is 11.1 Å². The Labute approximate surface area is 318 Å². The van der Waals surface area contributed by atoms with Gasteiger partial charge in [0.25, 0.3) is 16.1 Å². The van der Waals surface area contributed by atoms with Gasteiger partial charge in [-0.3, -0.25) is 14.4 Å². The van der Waals surface area contributed by atoms with Crippen molar-refractivity contribution in [1.82, 2.24) is 13.5 Å². The Kier molecular flexibility index (Phi) is 11.9. The lowest BCUT2D eigenvalue weighted by Crippen LogP contribution is -2.51. The monoisotopic (exact) mass is 863 g/mol. The molecule has 1 amide bonds. The largest absolute Gasteiger partial charge is 0.461 e. The lowest BCUT2D eigenvalue weighted by molar-refractivity contribution is -0.253. The van der Waals surface area contributed by atoms with Gasteiger partial charge in [-0.05, 0) is 76.7 Å². The van der Waals surface area contributed by atoms with Crippen LogP contribution < -0.4 is 14.8 Å². The van der Waals surface area contributed by atoms with Crippen molar-refractivity contribution in [1.29, 1.82) is 0 Å². The molecule has 53 heavy (non-hydrogen) atoms. The summed E-state index contributed by atoms with van der Waals surface area (Å²) in [6.45, 7) is 4.93. The van der Waals surface area contributed by atoms with Crippen LogP contribution in [0.2, 0.25) is 0 Å². The fraction of sp³-hybridized carbons (Fsp3) is 0.382. The summed E-state index contributed by atoms with van der Waals surface area (Å²) in [4.78, 5) is 15.7. The Morgan fingerprint density at radius 2 is 1.60 bits per heavy atom. The smallest absolute Gasteiger partial charge is 0.428 e. The summed E-state index contributed by atoms with van der Waals surface area (Å²) in [6.07, 6.45) is -7.78. The van der Waals surface area contributed by atoms with Crippen molar-refractivity contribution >= 4 is 74.9 Å². The number of amides is 1. The molecular formula is C34H38BrF4N5O6S3. The Hall–Kier alpha value is -3.33. The molecule has 0 radical (unpaired) electrons. The molecule has 19 heteroatoms. The molecule has 1 aliphatic heterocycles. The van der Waals surface area contributed by atoms with Crippen molar-refractivity contribution in [2.75, 3.05) is 56.6 Å². The zero-order valence-corrected chi connectivity index (χ0v) is 33.3. The van der Waals surface area contributed by atoms with Crippen LogP contribution in [-0.4, -0.2) is 95.3 Å². The Balaban J connectivity index is 1.42. The van der Waals surface area contributed by atoms with E-state index < -0.39 is 49.8 Å². The van der Waals surface area contributed by atoms with E-state index in [0.29, 0.717) is 55.9 Å². The van der Waals surface area contributed by atoms with Gasteiger partial charge in [0.15, 0.2) is 0 Å². The maximum Gasteiger partial charge on any atom is 0.461 e. The summed E-state index contributed by atoms with van der Waals surface area (Å²) in [5.41, 5.74) is 1.41. The van der Waals surface area contributed by atoms with E-state index in [2.05, 4.69) is 30.7 Å². The number of halogens is 5. The zero-order chi connectivity index (χ0) is 39.1. The van der Waals surface area contributed by atoms with Crippen LogP contribution in [0.15, 0.2) is 65.1 Å². The Bertz CT molecular complexity index is 2230. The number of piperazine rings is 1. The standard InChI is InChI=1S/C34H38BrF4N5O6S3/c1-33(2,24-16-25(35)19-27(17-24)40-31(45)30-15-22-14-26(41-52(5,46)47)6-7-29(22)51-30)23-12-21(13-28(18-23)50-34(38,39)32(36)37)20-43-8-10-44(11-9-43)53(48,49)42(3)4/h6-7,12-19,32,41H,8-11,20H2,1-5H3,(H,40,45). The average molecular weight is 865 g/mol.